The van der Waals surface area contributed by atoms with Gasteiger partial charge in [0.15, 0.2) is 5.69 Å². The van der Waals surface area contributed by atoms with Crippen LogP contribution in [0.15, 0.2) is 18.3 Å². The largest absolute Gasteiger partial charge is 0.477 e. The standard InChI is InChI=1S/C16H19F3N6O4/c1-2-24-11(9-12(23-24)16(17,18)19)14(27)21-7-6-20-13(26)4-8-25-10(15(28)29)3-5-22-25/h3,5,9H,2,4,6-8H2,1H3,(H,20,26)(H,21,27)(H,28,29). The molecule has 13 heteroatoms. The van der Waals surface area contributed by atoms with E-state index in [1.807, 2.05) is 0 Å². The molecule has 29 heavy (non-hydrogen) atoms. The molecule has 0 bridgehead atoms. The highest BCUT2D eigenvalue weighted by Crippen LogP contribution is 2.28. The molecule has 2 amide bonds. The van der Waals surface area contributed by atoms with Crippen molar-refractivity contribution in [1.29, 1.82) is 0 Å². The fourth-order valence-corrected chi connectivity index (χ4v) is 2.44. The molecule has 2 aromatic heterocycles. The van der Waals surface area contributed by atoms with Gasteiger partial charge in [0.25, 0.3) is 5.91 Å². The van der Waals surface area contributed by atoms with Crippen molar-refractivity contribution in [2.75, 3.05) is 13.1 Å². The third kappa shape index (κ3) is 5.80. The first-order valence-electron chi connectivity index (χ1n) is 8.58. The summed E-state index contributed by atoms with van der Waals surface area (Å²) in [5, 5.41) is 21.0. The number of nitrogens with one attached hydrogen (secondary N) is 2. The van der Waals surface area contributed by atoms with E-state index in [-0.39, 0.29) is 44.0 Å². The number of carbonyl (C=O) groups is 3. The lowest BCUT2D eigenvalue weighted by Gasteiger charge is -2.08. The molecule has 0 aliphatic carbocycles. The van der Waals surface area contributed by atoms with Crippen LogP contribution in [0.1, 0.15) is 40.0 Å². The molecule has 0 fully saturated rings. The zero-order valence-corrected chi connectivity index (χ0v) is 15.4. The molecular formula is C16H19F3N6O4. The Bertz CT molecular complexity index is 890. The quantitative estimate of drug-likeness (QED) is 0.517. The number of aromatic carboxylic acids is 1. The van der Waals surface area contributed by atoms with Crippen molar-refractivity contribution in [1.82, 2.24) is 30.2 Å². The Labute approximate surface area is 162 Å². The summed E-state index contributed by atoms with van der Waals surface area (Å²) in [5.74, 6) is -2.30. The van der Waals surface area contributed by atoms with Crippen LogP contribution in [0.3, 0.4) is 0 Å². The first kappa shape index (κ1) is 21.9. The van der Waals surface area contributed by atoms with Crippen molar-refractivity contribution in [3.8, 4) is 0 Å². The fourth-order valence-electron chi connectivity index (χ4n) is 2.44. The van der Waals surface area contributed by atoms with Gasteiger partial charge in [-0.2, -0.15) is 23.4 Å². The van der Waals surface area contributed by atoms with E-state index in [2.05, 4.69) is 20.8 Å². The number of amides is 2. The maximum Gasteiger partial charge on any atom is 0.435 e. The summed E-state index contributed by atoms with van der Waals surface area (Å²) < 4.78 is 40.3. The van der Waals surface area contributed by atoms with Gasteiger partial charge in [0.2, 0.25) is 5.91 Å². The smallest absolute Gasteiger partial charge is 0.435 e. The summed E-state index contributed by atoms with van der Waals surface area (Å²) in [4.78, 5) is 34.8. The lowest BCUT2D eigenvalue weighted by atomic mass is 10.3. The second-order valence-corrected chi connectivity index (χ2v) is 5.83. The van der Waals surface area contributed by atoms with Crippen molar-refractivity contribution >= 4 is 17.8 Å². The minimum atomic E-state index is -4.65. The van der Waals surface area contributed by atoms with E-state index in [4.69, 9.17) is 5.11 Å². The lowest BCUT2D eigenvalue weighted by molar-refractivity contribution is -0.141. The molecular weight excluding hydrogens is 397 g/mol. The van der Waals surface area contributed by atoms with E-state index in [1.54, 1.807) is 6.92 Å². The topological polar surface area (TPSA) is 131 Å². The molecule has 0 aliphatic heterocycles. The normalized spacial score (nSPS) is 11.3. The molecule has 2 rings (SSSR count). The molecule has 0 aliphatic rings. The van der Waals surface area contributed by atoms with Gasteiger partial charge in [-0.15, -0.1) is 0 Å². The second-order valence-electron chi connectivity index (χ2n) is 5.83. The van der Waals surface area contributed by atoms with Crippen molar-refractivity contribution in [3.05, 3.63) is 35.4 Å². The number of carboxylic acid groups (broad SMARTS) is 1. The van der Waals surface area contributed by atoms with Crippen LogP contribution in [-0.4, -0.2) is 55.5 Å². The molecule has 3 N–H and O–H groups in total. The van der Waals surface area contributed by atoms with E-state index in [0.29, 0.717) is 6.07 Å². The monoisotopic (exact) mass is 416 g/mol. The Kier molecular flexibility index (Phi) is 6.96. The van der Waals surface area contributed by atoms with Crippen LogP contribution < -0.4 is 10.6 Å². The highest BCUT2D eigenvalue weighted by Gasteiger charge is 2.35. The molecule has 0 unspecified atom stereocenters. The Balaban J connectivity index is 1.78. The van der Waals surface area contributed by atoms with Crippen molar-refractivity contribution in [2.45, 2.75) is 32.6 Å². The van der Waals surface area contributed by atoms with Crippen LogP contribution in [0.2, 0.25) is 0 Å². The van der Waals surface area contributed by atoms with Gasteiger partial charge in [-0.25, -0.2) is 4.79 Å². The van der Waals surface area contributed by atoms with Gasteiger partial charge in [-0.3, -0.25) is 19.0 Å². The molecule has 0 aromatic carbocycles. The summed E-state index contributed by atoms with van der Waals surface area (Å²) in [6.45, 7) is 1.73. The number of carbonyl (C=O) groups excluding carboxylic acids is 2. The molecule has 0 saturated heterocycles. The molecule has 0 saturated carbocycles. The van der Waals surface area contributed by atoms with Crippen molar-refractivity contribution < 1.29 is 32.7 Å². The maximum absolute atomic E-state index is 12.7. The highest BCUT2D eigenvalue weighted by atomic mass is 19.4. The Morgan fingerprint density at radius 1 is 1.14 bits per heavy atom. The number of carboxylic acids is 1. The molecule has 2 aromatic rings. The van der Waals surface area contributed by atoms with Gasteiger partial charge in [-0.1, -0.05) is 0 Å². The van der Waals surface area contributed by atoms with E-state index in [0.717, 1.165) is 4.68 Å². The van der Waals surface area contributed by atoms with Crippen molar-refractivity contribution in [3.63, 3.8) is 0 Å². The van der Waals surface area contributed by atoms with E-state index < -0.39 is 29.7 Å². The van der Waals surface area contributed by atoms with Gasteiger partial charge in [0.1, 0.15) is 11.4 Å². The number of aryl methyl sites for hydroxylation is 2. The fraction of sp³-hybridized carbons (Fsp3) is 0.438. The number of alkyl halides is 3. The van der Waals surface area contributed by atoms with Crippen LogP contribution >= 0.6 is 0 Å². The number of hydrogen-bond acceptors (Lipinski definition) is 5. The van der Waals surface area contributed by atoms with Crippen LogP contribution in [0.4, 0.5) is 13.2 Å². The SMILES string of the molecule is CCn1nc(C(F)(F)F)cc1C(=O)NCCNC(=O)CCn1nccc1C(=O)O. The van der Waals surface area contributed by atoms with E-state index in [9.17, 15) is 27.6 Å². The Morgan fingerprint density at radius 2 is 1.83 bits per heavy atom. The number of rotatable bonds is 9. The molecule has 158 valence electrons. The molecule has 0 atom stereocenters. The summed E-state index contributed by atoms with van der Waals surface area (Å²) >= 11 is 0. The van der Waals surface area contributed by atoms with Crippen LogP contribution in [0.25, 0.3) is 0 Å². The minimum Gasteiger partial charge on any atom is -0.477 e. The lowest BCUT2D eigenvalue weighted by Crippen LogP contribution is -2.35. The summed E-state index contributed by atoms with van der Waals surface area (Å²) in [7, 11) is 0. The number of nitrogens with zero attached hydrogens (tertiary/aromatic N) is 4. The average Bonchev–Trinajstić information content (AvgIpc) is 3.29. The van der Waals surface area contributed by atoms with E-state index >= 15 is 0 Å². The molecule has 10 nitrogen and oxygen atoms in total. The van der Waals surface area contributed by atoms with Gasteiger partial charge in [-0.05, 0) is 13.0 Å². The van der Waals surface area contributed by atoms with Crippen LogP contribution in [-0.2, 0) is 24.1 Å². The first-order chi connectivity index (χ1) is 13.6. The van der Waals surface area contributed by atoms with Gasteiger partial charge < -0.3 is 15.7 Å². The van der Waals surface area contributed by atoms with Crippen LogP contribution in [0.5, 0.6) is 0 Å². The predicted molar refractivity (Wildman–Crippen MR) is 92.0 cm³/mol. The molecule has 0 radical (unpaired) electrons. The zero-order valence-electron chi connectivity index (χ0n) is 15.4. The van der Waals surface area contributed by atoms with Crippen LogP contribution in [0, 0.1) is 0 Å². The molecule has 0 spiro atoms. The number of aromatic nitrogens is 4. The number of hydrogen-bond donors (Lipinski definition) is 3. The Morgan fingerprint density at radius 3 is 2.45 bits per heavy atom. The van der Waals surface area contributed by atoms with E-state index in [1.165, 1.54) is 16.9 Å². The summed E-state index contributed by atoms with van der Waals surface area (Å²) in [5.41, 5.74) is -1.43. The summed E-state index contributed by atoms with van der Waals surface area (Å²) in [6.07, 6.45) is -3.38. The molecule has 2 heterocycles. The van der Waals surface area contributed by atoms with Gasteiger partial charge in [0.05, 0.1) is 6.54 Å². The third-order valence-electron chi connectivity index (χ3n) is 3.82. The number of halogens is 3. The van der Waals surface area contributed by atoms with Crippen molar-refractivity contribution in [2.24, 2.45) is 0 Å². The Hall–Kier alpha value is -3.38. The maximum atomic E-state index is 12.7. The third-order valence-corrected chi connectivity index (χ3v) is 3.82. The van der Waals surface area contributed by atoms with Gasteiger partial charge >= 0.3 is 12.1 Å². The highest BCUT2D eigenvalue weighted by molar-refractivity contribution is 5.92. The zero-order chi connectivity index (χ0) is 21.6. The second kappa shape index (κ2) is 9.21. The minimum absolute atomic E-state index is 0.0109. The predicted octanol–water partition coefficient (Wildman–Crippen LogP) is 0.753. The average molecular weight is 416 g/mol. The first-order valence-corrected chi connectivity index (χ1v) is 8.58. The summed E-state index contributed by atoms with van der Waals surface area (Å²) in [6, 6.07) is 1.97. The van der Waals surface area contributed by atoms with Gasteiger partial charge in [0, 0.05) is 38.3 Å².